The first-order valence-electron chi connectivity index (χ1n) is 9.16. The zero-order valence-corrected chi connectivity index (χ0v) is 18.7. The van der Waals surface area contributed by atoms with Crippen LogP contribution in [0.4, 0.5) is 5.69 Å². The van der Waals surface area contributed by atoms with Gasteiger partial charge in [-0.2, -0.15) is 0 Å². The van der Waals surface area contributed by atoms with Gasteiger partial charge in [-0.1, -0.05) is 6.08 Å². The largest absolute Gasteiger partial charge is 0.497 e. The molecule has 2 aromatic carbocycles. The van der Waals surface area contributed by atoms with Crippen molar-refractivity contribution in [2.75, 3.05) is 45.8 Å². The molecule has 0 unspecified atom stereocenters. The van der Waals surface area contributed by atoms with Crippen LogP contribution in [0.5, 0.6) is 23.0 Å². The summed E-state index contributed by atoms with van der Waals surface area (Å²) in [5.74, 6) is 0.734. The lowest BCUT2D eigenvalue weighted by atomic mass is 10.2. The number of rotatable bonds is 11. The second-order valence-electron chi connectivity index (χ2n) is 6.16. The summed E-state index contributed by atoms with van der Waals surface area (Å²) in [7, 11) is 1.50. The number of amides is 1. The van der Waals surface area contributed by atoms with E-state index in [1.165, 1.54) is 58.8 Å². The maximum atomic E-state index is 13.6. The topological polar surface area (TPSA) is 103 Å². The molecule has 0 radical (unpaired) electrons. The van der Waals surface area contributed by atoms with E-state index >= 15 is 0 Å². The minimum atomic E-state index is -4.21. The standard InChI is InChI=1S/C21H26N2O7S/c1-6-11-22-21(24)14-23(17-12-15(27-2)7-9-18(17)28-3)31(25,26)16-8-10-19(29-4)20(13-16)30-5/h6-10,12-13H,1,11,14H2,2-5H3,(H,22,24). The Morgan fingerprint density at radius 2 is 1.61 bits per heavy atom. The number of carbonyl (C=O) groups excluding carboxylic acids is 1. The number of sulfonamides is 1. The minimum Gasteiger partial charge on any atom is -0.497 e. The quantitative estimate of drug-likeness (QED) is 0.524. The predicted octanol–water partition coefficient (Wildman–Crippen LogP) is 2.22. The van der Waals surface area contributed by atoms with E-state index in [0.717, 1.165) is 4.31 Å². The molecule has 1 amide bonds. The van der Waals surface area contributed by atoms with Crippen LogP contribution in [-0.4, -0.2) is 55.9 Å². The third-order valence-electron chi connectivity index (χ3n) is 4.33. The number of anilines is 1. The average Bonchev–Trinajstić information content (AvgIpc) is 2.79. The first-order valence-corrected chi connectivity index (χ1v) is 10.6. The molecule has 0 heterocycles. The first-order chi connectivity index (χ1) is 14.8. The van der Waals surface area contributed by atoms with Gasteiger partial charge in [-0.3, -0.25) is 9.10 Å². The Morgan fingerprint density at radius 1 is 0.968 bits per heavy atom. The molecule has 0 aliphatic heterocycles. The lowest BCUT2D eigenvalue weighted by Crippen LogP contribution is -2.41. The number of hydrogen-bond acceptors (Lipinski definition) is 7. The third-order valence-corrected chi connectivity index (χ3v) is 6.08. The predicted molar refractivity (Wildman–Crippen MR) is 117 cm³/mol. The lowest BCUT2D eigenvalue weighted by molar-refractivity contribution is -0.119. The van der Waals surface area contributed by atoms with Crippen molar-refractivity contribution >= 4 is 21.6 Å². The van der Waals surface area contributed by atoms with Crippen molar-refractivity contribution in [3.63, 3.8) is 0 Å². The van der Waals surface area contributed by atoms with Gasteiger partial charge >= 0.3 is 0 Å². The van der Waals surface area contributed by atoms with Crippen molar-refractivity contribution in [2.24, 2.45) is 0 Å². The molecule has 2 aromatic rings. The number of hydrogen-bond donors (Lipinski definition) is 1. The van der Waals surface area contributed by atoms with E-state index in [4.69, 9.17) is 18.9 Å². The number of methoxy groups -OCH3 is 4. The smallest absolute Gasteiger partial charge is 0.265 e. The molecular formula is C21H26N2O7S. The van der Waals surface area contributed by atoms with E-state index in [1.54, 1.807) is 12.1 Å². The molecule has 10 heteroatoms. The Hall–Kier alpha value is -3.40. The molecule has 0 aliphatic carbocycles. The Balaban J connectivity index is 2.64. The van der Waals surface area contributed by atoms with E-state index in [0.29, 0.717) is 11.5 Å². The normalized spacial score (nSPS) is 10.7. The average molecular weight is 451 g/mol. The van der Waals surface area contributed by atoms with Crippen molar-refractivity contribution in [3.05, 3.63) is 49.1 Å². The number of ether oxygens (including phenoxy) is 4. The second kappa shape index (κ2) is 10.6. The van der Waals surface area contributed by atoms with Crippen molar-refractivity contribution in [1.82, 2.24) is 5.32 Å². The monoisotopic (exact) mass is 450 g/mol. The van der Waals surface area contributed by atoms with Crippen LogP contribution < -0.4 is 28.6 Å². The fourth-order valence-electron chi connectivity index (χ4n) is 2.77. The summed E-state index contributed by atoms with van der Waals surface area (Å²) >= 11 is 0. The van der Waals surface area contributed by atoms with Crippen LogP contribution in [0.1, 0.15) is 0 Å². The number of nitrogens with zero attached hydrogens (tertiary/aromatic N) is 1. The summed E-state index contributed by atoms with van der Waals surface area (Å²) < 4.78 is 49.2. The van der Waals surface area contributed by atoms with Crippen molar-refractivity contribution in [3.8, 4) is 23.0 Å². The highest BCUT2D eigenvalue weighted by molar-refractivity contribution is 7.92. The van der Waals surface area contributed by atoms with Crippen LogP contribution in [0.3, 0.4) is 0 Å². The van der Waals surface area contributed by atoms with Crippen LogP contribution >= 0.6 is 0 Å². The highest BCUT2D eigenvalue weighted by atomic mass is 32.2. The highest BCUT2D eigenvalue weighted by Crippen LogP contribution is 2.37. The van der Waals surface area contributed by atoms with E-state index < -0.39 is 22.5 Å². The van der Waals surface area contributed by atoms with Crippen molar-refractivity contribution in [1.29, 1.82) is 0 Å². The lowest BCUT2D eigenvalue weighted by Gasteiger charge is -2.26. The fourth-order valence-corrected chi connectivity index (χ4v) is 4.21. The number of nitrogens with one attached hydrogen (secondary N) is 1. The Bertz CT molecular complexity index is 1040. The molecule has 168 valence electrons. The molecule has 9 nitrogen and oxygen atoms in total. The molecule has 0 saturated heterocycles. The molecular weight excluding hydrogens is 424 g/mol. The maximum Gasteiger partial charge on any atom is 0.265 e. The molecule has 1 N–H and O–H groups in total. The summed E-state index contributed by atoms with van der Waals surface area (Å²) in [6.07, 6.45) is 1.50. The minimum absolute atomic E-state index is 0.0912. The van der Waals surface area contributed by atoms with Gasteiger partial charge in [-0.25, -0.2) is 8.42 Å². The Morgan fingerprint density at radius 3 is 2.19 bits per heavy atom. The molecule has 0 atom stereocenters. The van der Waals surface area contributed by atoms with Crippen LogP contribution in [0.2, 0.25) is 0 Å². The second-order valence-corrected chi connectivity index (χ2v) is 8.02. The summed E-state index contributed by atoms with van der Waals surface area (Å²) in [6, 6.07) is 8.85. The van der Waals surface area contributed by atoms with E-state index in [-0.39, 0.29) is 28.6 Å². The van der Waals surface area contributed by atoms with E-state index in [1.807, 2.05) is 0 Å². The maximum absolute atomic E-state index is 13.6. The Labute approximate surface area is 182 Å². The number of benzene rings is 2. The van der Waals surface area contributed by atoms with Gasteiger partial charge in [0.1, 0.15) is 18.0 Å². The van der Waals surface area contributed by atoms with Gasteiger partial charge in [0.2, 0.25) is 5.91 Å². The summed E-state index contributed by atoms with van der Waals surface area (Å²) in [5.41, 5.74) is 0.144. The molecule has 0 saturated carbocycles. The molecule has 0 bridgehead atoms. The summed E-state index contributed by atoms with van der Waals surface area (Å²) in [4.78, 5) is 12.4. The summed E-state index contributed by atoms with van der Waals surface area (Å²) in [5, 5.41) is 2.58. The molecule has 0 fully saturated rings. The summed E-state index contributed by atoms with van der Waals surface area (Å²) in [6.45, 7) is 3.24. The van der Waals surface area contributed by atoms with Gasteiger partial charge < -0.3 is 24.3 Å². The van der Waals surface area contributed by atoms with Gasteiger partial charge in [-0.05, 0) is 24.3 Å². The van der Waals surface area contributed by atoms with Crippen LogP contribution in [0, 0.1) is 0 Å². The zero-order valence-electron chi connectivity index (χ0n) is 17.9. The van der Waals surface area contributed by atoms with Crippen molar-refractivity contribution in [2.45, 2.75) is 4.90 Å². The molecule has 31 heavy (non-hydrogen) atoms. The fraction of sp³-hybridized carbons (Fsp3) is 0.286. The first kappa shape index (κ1) is 23.9. The van der Waals surface area contributed by atoms with Crippen LogP contribution in [-0.2, 0) is 14.8 Å². The molecule has 2 rings (SSSR count). The SMILES string of the molecule is C=CCNC(=O)CN(c1cc(OC)ccc1OC)S(=O)(=O)c1ccc(OC)c(OC)c1. The highest BCUT2D eigenvalue weighted by Gasteiger charge is 2.30. The van der Waals surface area contributed by atoms with E-state index in [9.17, 15) is 13.2 Å². The van der Waals surface area contributed by atoms with Gasteiger partial charge in [-0.15, -0.1) is 6.58 Å². The molecule has 0 spiro atoms. The van der Waals surface area contributed by atoms with Gasteiger partial charge in [0.05, 0.1) is 39.0 Å². The zero-order chi connectivity index (χ0) is 23.0. The van der Waals surface area contributed by atoms with Crippen molar-refractivity contribution < 1.29 is 32.2 Å². The number of carbonyl (C=O) groups is 1. The van der Waals surface area contributed by atoms with Gasteiger partial charge in [0.25, 0.3) is 10.0 Å². The molecule has 0 aliphatic rings. The molecule has 0 aromatic heterocycles. The third kappa shape index (κ3) is 5.40. The van der Waals surface area contributed by atoms with Crippen LogP contribution in [0.25, 0.3) is 0 Å². The Kier molecular flexibility index (Phi) is 8.14. The van der Waals surface area contributed by atoms with Gasteiger partial charge in [0, 0.05) is 18.7 Å². The van der Waals surface area contributed by atoms with Gasteiger partial charge in [0.15, 0.2) is 11.5 Å². The van der Waals surface area contributed by atoms with E-state index in [2.05, 4.69) is 11.9 Å². The van der Waals surface area contributed by atoms with Crippen LogP contribution in [0.15, 0.2) is 53.9 Å².